The van der Waals surface area contributed by atoms with Gasteiger partial charge in [-0.05, 0) is 24.3 Å². The van der Waals surface area contributed by atoms with Crippen LogP contribution in [0.25, 0.3) is 22.6 Å². The molecule has 9 heteroatoms. The van der Waals surface area contributed by atoms with Crippen LogP contribution in [0, 0.1) is 4.91 Å². The van der Waals surface area contributed by atoms with Crippen molar-refractivity contribution in [1.82, 2.24) is 19.3 Å². The molecule has 2 heterocycles. The van der Waals surface area contributed by atoms with Gasteiger partial charge >= 0.3 is 17.1 Å². The quantitative estimate of drug-likeness (QED) is 0.648. The van der Waals surface area contributed by atoms with Gasteiger partial charge in [-0.2, -0.15) is 4.68 Å². The van der Waals surface area contributed by atoms with Crippen molar-refractivity contribution in [3.05, 3.63) is 55.0 Å². The van der Waals surface area contributed by atoms with Gasteiger partial charge in [0.15, 0.2) is 0 Å². The number of hydrogen-bond donors (Lipinski definition) is 1. The third kappa shape index (κ3) is 2.04. The molecule has 0 bridgehead atoms. The van der Waals surface area contributed by atoms with E-state index in [9.17, 15) is 14.5 Å². The van der Waals surface area contributed by atoms with Crippen LogP contribution in [0.5, 0.6) is 0 Å². The fraction of sp³-hybridized carbons (Fsp3) is 0.154. The third-order valence-electron chi connectivity index (χ3n) is 3.33. The SMILES string of the molecule is Cn1c(=O)[nH]c2c(c1=O)[n+](=O)c(-c1ccc(Cl)cc1)nn2C. The minimum atomic E-state index is -0.693. The van der Waals surface area contributed by atoms with Gasteiger partial charge in [0.05, 0.1) is 17.7 Å². The summed E-state index contributed by atoms with van der Waals surface area (Å²) in [5.41, 5.74) is -0.938. The maximum absolute atomic E-state index is 12.5. The Kier molecular flexibility index (Phi) is 3.18. The fourth-order valence-electron chi connectivity index (χ4n) is 2.13. The zero-order valence-electron chi connectivity index (χ0n) is 11.7. The zero-order valence-corrected chi connectivity index (χ0v) is 12.5. The fourth-order valence-corrected chi connectivity index (χ4v) is 2.25. The molecule has 3 rings (SSSR count). The van der Waals surface area contributed by atoms with Gasteiger partial charge in [0, 0.05) is 16.5 Å². The summed E-state index contributed by atoms with van der Waals surface area (Å²) in [4.78, 5) is 38.9. The molecule has 0 saturated carbocycles. The molecule has 0 spiro atoms. The van der Waals surface area contributed by atoms with Gasteiger partial charge in [-0.3, -0.25) is 14.3 Å². The van der Waals surface area contributed by atoms with E-state index < -0.39 is 11.2 Å². The number of nitrogens with zero attached hydrogens (tertiary/aromatic N) is 4. The number of rotatable bonds is 1. The number of benzene rings is 1. The Labute approximate surface area is 127 Å². The van der Waals surface area contributed by atoms with Crippen LogP contribution in [0.4, 0.5) is 0 Å². The van der Waals surface area contributed by atoms with Crippen molar-refractivity contribution in [2.75, 3.05) is 0 Å². The first-order valence-electron chi connectivity index (χ1n) is 6.29. The summed E-state index contributed by atoms with van der Waals surface area (Å²) in [5.74, 6) is 0.0378. The first-order valence-corrected chi connectivity index (χ1v) is 6.67. The van der Waals surface area contributed by atoms with Gasteiger partial charge in [-0.1, -0.05) is 16.5 Å². The lowest BCUT2D eigenvalue weighted by molar-refractivity contribution is -0.457. The summed E-state index contributed by atoms with van der Waals surface area (Å²) in [6.07, 6.45) is 0. The van der Waals surface area contributed by atoms with Crippen LogP contribution in [-0.2, 0) is 14.1 Å². The van der Waals surface area contributed by atoms with Crippen LogP contribution in [0.15, 0.2) is 33.9 Å². The lowest BCUT2D eigenvalue weighted by Crippen LogP contribution is -2.40. The summed E-state index contributed by atoms with van der Waals surface area (Å²) in [6, 6.07) is 6.49. The van der Waals surface area contributed by atoms with Crippen LogP contribution in [0.1, 0.15) is 0 Å². The van der Waals surface area contributed by atoms with E-state index in [1.54, 1.807) is 24.3 Å². The van der Waals surface area contributed by atoms with E-state index >= 15 is 0 Å². The van der Waals surface area contributed by atoms with E-state index in [1.807, 2.05) is 0 Å². The molecule has 0 amide bonds. The van der Waals surface area contributed by atoms with E-state index in [4.69, 9.17) is 11.6 Å². The number of halogens is 1. The second kappa shape index (κ2) is 4.92. The van der Waals surface area contributed by atoms with Crippen LogP contribution < -0.4 is 15.7 Å². The minimum absolute atomic E-state index is 0.0378. The summed E-state index contributed by atoms with van der Waals surface area (Å²) >= 11 is 5.83. The molecule has 3 aromatic rings. The van der Waals surface area contributed by atoms with Gasteiger partial charge in [0.2, 0.25) is 5.65 Å². The molecule has 0 atom stereocenters. The Bertz CT molecular complexity index is 1060. The summed E-state index contributed by atoms with van der Waals surface area (Å²) < 4.78 is 2.54. The number of fused-ring (bicyclic) bond motifs is 1. The van der Waals surface area contributed by atoms with Crippen LogP contribution in [0.2, 0.25) is 5.02 Å². The molecule has 1 aromatic carbocycles. The van der Waals surface area contributed by atoms with Crippen molar-refractivity contribution in [3.8, 4) is 11.4 Å². The molecular weight excluding hydrogens is 310 g/mol. The molecule has 1 N–H and O–H groups in total. The largest absolute Gasteiger partial charge is 0.399 e. The van der Waals surface area contributed by atoms with Gasteiger partial charge < -0.3 is 0 Å². The maximum atomic E-state index is 12.5. The van der Waals surface area contributed by atoms with Crippen molar-refractivity contribution in [1.29, 1.82) is 0 Å². The van der Waals surface area contributed by atoms with E-state index in [0.29, 0.717) is 15.0 Å². The molecule has 0 aliphatic rings. The molecule has 22 heavy (non-hydrogen) atoms. The smallest absolute Gasteiger partial charge is 0.287 e. The summed E-state index contributed by atoms with van der Waals surface area (Å²) in [6.45, 7) is 0. The summed E-state index contributed by atoms with van der Waals surface area (Å²) in [7, 11) is 2.83. The highest BCUT2D eigenvalue weighted by Gasteiger charge is 2.24. The standard InChI is InChI=1S/C13H10ClN5O3/c1-17-12(20)9-11(15-13(17)21)18(2)16-10(19(9)22)7-3-5-8(14)6-4-7/h3-6H,1-2H3/p+1. The number of aromatic nitrogens is 5. The number of aromatic amines is 1. The lowest BCUT2D eigenvalue weighted by atomic mass is 10.2. The maximum Gasteiger partial charge on any atom is 0.399 e. The van der Waals surface area contributed by atoms with Crippen molar-refractivity contribution in [2.24, 2.45) is 14.1 Å². The second-order valence-corrected chi connectivity index (χ2v) is 5.18. The molecule has 0 unspecified atom stereocenters. The molecule has 0 fully saturated rings. The van der Waals surface area contributed by atoms with Crippen molar-refractivity contribution < 1.29 is 4.43 Å². The topological polar surface area (TPSA) is 95.7 Å². The Hall–Kier alpha value is -2.74. The predicted octanol–water partition coefficient (Wildman–Crippen LogP) is 0.195. The highest BCUT2D eigenvalue weighted by Crippen LogP contribution is 2.16. The van der Waals surface area contributed by atoms with Crippen molar-refractivity contribution in [2.45, 2.75) is 0 Å². The minimum Gasteiger partial charge on any atom is -0.287 e. The third-order valence-corrected chi connectivity index (χ3v) is 3.58. The number of aryl methyl sites for hydroxylation is 1. The van der Waals surface area contributed by atoms with Crippen LogP contribution in [-0.4, -0.2) is 19.3 Å². The molecule has 0 radical (unpaired) electrons. The average Bonchev–Trinajstić information content (AvgIpc) is 2.49. The van der Waals surface area contributed by atoms with E-state index in [1.165, 1.54) is 18.8 Å². The van der Waals surface area contributed by atoms with Crippen LogP contribution in [0.3, 0.4) is 0 Å². The Morgan fingerprint density at radius 3 is 2.45 bits per heavy atom. The summed E-state index contributed by atoms with van der Waals surface area (Å²) in [5, 5.41) is 4.64. The molecular formula is C13H11ClN5O3+. The second-order valence-electron chi connectivity index (χ2n) is 4.74. The van der Waals surface area contributed by atoms with Gasteiger partial charge in [-0.15, -0.1) is 0 Å². The van der Waals surface area contributed by atoms with Gasteiger partial charge in [0.1, 0.15) is 0 Å². The van der Waals surface area contributed by atoms with Crippen molar-refractivity contribution in [3.63, 3.8) is 0 Å². The molecule has 2 aromatic heterocycles. The first-order chi connectivity index (χ1) is 10.4. The number of hydrogen-bond acceptors (Lipinski definition) is 4. The molecule has 0 aliphatic heterocycles. The van der Waals surface area contributed by atoms with Crippen LogP contribution >= 0.6 is 11.6 Å². The normalized spacial score (nSPS) is 11.0. The monoisotopic (exact) mass is 320 g/mol. The van der Waals surface area contributed by atoms with E-state index in [2.05, 4.69) is 10.1 Å². The van der Waals surface area contributed by atoms with Gasteiger partial charge in [0.25, 0.3) is 5.52 Å². The predicted molar refractivity (Wildman–Crippen MR) is 80.4 cm³/mol. The van der Waals surface area contributed by atoms with Gasteiger partial charge in [-0.25, -0.2) is 4.79 Å². The Balaban J connectivity index is 2.48. The Morgan fingerprint density at radius 2 is 1.82 bits per heavy atom. The Morgan fingerprint density at radius 1 is 1.18 bits per heavy atom. The lowest BCUT2D eigenvalue weighted by Gasteiger charge is -2.01. The zero-order chi connectivity index (χ0) is 16.0. The van der Waals surface area contributed by atoms with E-state index in [0.717, 1.165) is 4.57 Å². The highest BCUT2D eigenvalue weighted by molar-refractivity contribution is 6.30. The average molecular weight is 321 g/mol. The molecule has 112 valence electrons. The first kappa shape index (κ1) is 14.2. The highest BCUT2D eigenvalue weighted by atomic mass is 35.5. The molecule has 0 aliphatic carbocycles. The molecule has 8 nitrogen and oxygen atoms in total. The number of H-pyrrole nitrogens is 1. The molecule has 0 saturated heterocycles. The van der Waals surface area contributed by atoms with Crippen molar-refractivity contribution >= 4 is 22.8 Å². The number of nitrogens with one attached hydrogen (secondary N) is 1. The van der Waals surface area contributed by atoms with E-state index in [-0.39, 0.29) is 17.0 Å².